The minimum absolute atomic E-state index is 0.0129. The van der Waals surface area contributed by atoms with Gasteiger partial charge in [-0.15, -0.1) is 0 Å². The summed E-state index contributed by atoms with van der Waals surface area (Å²) in [5.41, 5.74) is 17.4. The maximum absolute atomic E-state index is 14.1. The molecule has 0 bridgehead atoms. The maximum Gasteiger partial charge on any atom is 0.244 e. The van der Waals surface area contributed by atoms with Crippen LogP contribution in [0.15, 0.2) is 30.5 Å². The van der Waals surface area contributed by atoms with Gasteiger partial charge in [0.15, 0.2) is 0 Å². The van der Waals surface area contributed by atoms with E-state index in [4.69, 9.17) is 17.2 Å². The van der Waals surface area contributed by atoms with Crippen molar-refractivity contribution in [2.45, 2.75) is 69.4 Å². The molecule has 0 radical (unpaired) electrons. The summed E-state index contributed by atoms with van der Waals surface area (Å²) >= 11 is 0. The molecule has 3 unspecified atom stereocenters. The second kappa shape index (κ2) is 10.9. The van der Waals surface area contributed by atoms with Gasteiger partial charge in [-0.25, -0.2) is 0 Å². The fourth-order valence-electron chi connectivity index (χ4n) is 6.66. The highest BCUT2D eigenvalue weighted by Crippen LogP contribution is 2.53. The first-order valence-electron chi connectivity index (χ1n) is 13.3. The van der Waals surface area contributed by atoms with Gasteiger partial charge >= 0.3 is 0 Å². The van der Waals surface area contributed by atoms with Crippen LogP contribution in [0, 0.1) is 17.8 Å². The molecule has 1 aromatic carbocycles. The molecular weight excluding hydrogens is 504 g/mol. The van der Waals surface area contributed by atoms with Crippen LogP contribution in [0.2, 0.25) is 0 Å². The van der Waals surface area contributed by atoms with Crippen molar-refractivity contribution >= 4 is 34.5 Å². The second-order valence-corrected chi connectivity index (χ2v) is 10.9. The van der Waals surface area contributed by atoms with Crippen LogP contribution in [0.4, 0.5) is 0 Å². The number of aliphatic hydroxyl groups excluding tert-OH is 2. The smallest absolute Gasteiger partial charge is 0.244 e. The molecule has 1 saturated heterocycles. The number of likely N-dealkylation sites (tertiary alicyclic amines) is 1. The summed E-state index contributed by atoms with van der Waals surface area (Å²) in [6.07, 6.45) is 1.26. The van der Waals surface area contributed by atoms with Crippen molar-refractivity contribution < 1.29 is 29.4 Å². The lowest BCUT2D eigenvalue weighted by Crippen LogP contribution is -2.69. The van der Waals surface area contributed by atoms with E-state index in [1.807, 2.05) is 24.3 Å². The number of primary amides is 2. The van der Waals surface area contributed by atoms with Crippen LogP contribution in [0.1, 0.15) is 38.7 Å². The molecule has 1 aliphatic carbocycles. The number of aromatic nitrogens is 1. The Bertz CT molecular complexity index is 1260. The zero-order chi connectivity index (χ0) is 28.6. The van der Waals surface area contributed by atoms with E-state index in [1.165, 1.54) is 18.7 Å². The number of para-hydroxylation sites is 1. The minimum Gasteiger partial charge on any atom is -0.391 e. The van der Waals surface area contributed by atoms with Crippen LogP contribution in [-0.2, 0) is 25.6 Å². The standard InChI is InChI=1S/C27H38N6O6/c1-13(34)21(28)25(38)33-12-15-6-5-8-18(15)27(33,26(30)39)19(24(37)32-22(14(2)35)23(29)36)10-16-11-31-20-9-4-3-7-17(16)20/h3-4,7,9,11,13-15,18-19,21-22,31,34-35H,5-6,8,10,12,28H2,1-2H3,(H2,29,36)(H2,30,39)(H,32,37)/t13-,14-,15?,18?,19-,21+,22+,27?/m1/s1. The Morgan fingerprint density at radius 2 is 1.82 bits per heavy atom. The normalized spacial score (nSPS) is 26.4. The predicted molar refractivity (Wildman–Crippen MR) is 142 cm³/mol. The predicted octanol–water partition coefficient (Wildman–Crippen LogP) is -1.13. The Labute approximate surface area is 226 Å². The van der Waals surface area contributed by atoms with E-state index < -0.39 is 65.3 Å². The van der Waals surface area contributed by atoms with Gasteiger partial charge in [-0.05, 0) is 56.6 Å². The number of amides is 4. The molecule has 2 aromatic rings. The van der Waals surface area contributed by atoms with Crippen molar-refractivity contribution in [3.8, 4) is 0 Å². The van der Waals surface area contributed by atoms with Gasteiger partial charge in [0.05, 0.1) is 18.1 Å². The van der Waals surface area contributed by atoms with Crippen molar-refractivity contribution in [1.82, 2.24) is 15.2 Å². The Balaban J connectivity index is 1.89. The van der Waals surface area contributed by atoms with Crippen LogP contribution in [-0.4, -0.2) is 80.1 Å². The lowest BCUT2D eigenvalue weighted by molar-refractivity contribution is -0.156. The summed E-state index contributed by atoms with van der Waals surface area (Å²) in [7, 11) is 0. The summed E-state index contributed by atoms with van der Waals surface area (Å²) in [5.74, 6) is -5.06. The molecule has 4 rings (SSSR count). The summed E-state index contributed by atoms with van der Waals surface area (Å²) in [6.45, 7) is 2.84. The van der Waals surface area contributed by atoms with Gasteiger partial charge in [0.1, 0.15) is 17.6 Å². The molecule has 1 aliphatic heterocycles. The van der Waals surface area contributed by atoms with Crippen molar-refractivity contribution in [3.63, 3.8) is 0 Å². The minimum atomic E-state index is -1.80. The van der Waals surface area contributed by atoms with Crippen LogP contribution in [0.5, 0.6) is 0 Å². The first-order chi connectivity index (χ1) is 18.4. The van der Waals surface area contributed by atoms with Crippen molar-refractivity contribution in [1.29, 1.82) is 0 Å². The number of carbonyl (C=O) groups excluding carboxylic acids is 4. The summed E-state index contributed by atoms with van der Waals surface area (Å²) in [4.78, 5) is 58.0. The largest absolute Gasteiger partial charge is 0.391 e. The molecule has 2 aliphatic rings. The van der Waals surface area contributed by atoms with Crippen LogP contribution in [0.3, 0.4) is 0 Å². The highest BCUT2D eigenvalue weighted by Gasteiger charge is 2.66. The number of nitrogens with zero attached hydrogens (tertiary/aromatic N) is 1. The SMILES string of the molecule is C[C@@H](O)[C@H](N)C(=O)N1CC2CCCC2C1(C(N)=O)[C@H](Cc1c[nH]c2ccccc12)C(=O)N[C@H](C(N)=O)[C@@H](C)O. The van der Waals surface area contributed by atoms with Crippen molar-refractivity contribution in [2.24, 2.45) is 35.0 Å². The molecule has 2 fully saturated rings. The summed E-state index contributed by atoms with van der Waals surface area (Å²) < 4.78 is 0. The van der Waals surface area contributed by atoms with Gasteiger partial charge in [-0.3, -0.25) is 19.2 Å². The van der Waals surface area contributed by atoms with Crippen LogP contribution >= 0.6 is 0 Å². The van der Waals surface area contributed by atoms with Crippen molar-refractivity contribution in [2.75, 3.05) is 6.54 Å². The van der Waals surface area contributed by atoms with Gasteiger partial charge in [0.2, 0.25) is 23.6 Å². The van der Waals surface area contributed by atoms with Gasteiger partial charge in [0, 0.05) is 23.6 Å². The zero-order valence-electron chi connectivity index (χ0n) is 22.2. The van der Waals surface area contributed by atoms with Crippen LogP contribution < -0.4 is 22.5 Å². The number of hydrogen-bond donors (Lipinski definition) is 7. The summed E-state index contributed by atoms with van der Waals surface area (Å²) in [5, 5.41) is 23.6. The van der Waals surface area contributed by atoms with Crippen LogP contribution in [0.25, 0.3) is 10.9 Å². The number of carbonyl (C=O) groups is 4. The Morgan fingerprint density at radius 1 is 1.13 bits per heavy atom. The fourth-order valence-corrected chi connectivity index (χ4v) is 6.66. The van der Waals surface area contributed by atoms with Gasteiger partial charge in [-0.2, -0.15) is 0 Å². The molecule has 1 aromatic heterocycles. The zero-order valence-corrected chi connectivity index (χ0v) is 22.2. The molecule has 212 valence electrons. The third kappa shape index (κ3) is 4.88. The van der Waals surface area contributed by atoms with E-state index >= 15 is 0 Å². The Hall–Kier alpha value is -3.48. The lowest BCUT2D eigenvalue weighted by atomic mass is 9.68. The van der Waals surface area contributed by atoms with E-state index in [9.17, 15) is 29.4 Å². The number of hydrogen-bond acceptors (Lipinski definition) is 7. The first kappa shape index (κ1) is 28.5. The third-order valence-corrected chi connectivity index (χ3v) is 8.59. The van der Waals surface area contributed by atoms with E-state index in [2.05, 4.69) is 10.3 Å². The number of H-pyrrole nitrogens is 1. The Kier molecular flexibility index (Phi) is 8.01. The molecule has 10 N–H and O–H groups in total. The molecule has 4 amide bonds. The van der Waals surface area contributed by atoms with E-state index in [0.717, 1.165) is 23.7 Å². The first-order valence-corrected chi connectivity index (χ1v) is 13.3. The molecule has 2 heterocycles. The number of benzene rings is 1. The maximum atomic E-state index is 14.1. The van der Waals surface area contributed by atoms with Gasteiger partial charge in [-0.1, -0.05) is 24.6 Å². The average molecular weight is 543 g/mol. The molecule has 12 heteroatoms. The fraction of sp³-hybridized carbons (Fsp3) is 0.556. The quantitative estimate of drug-likeness (QED) is 0.196. The lowest BCUT2D eigenvalue weighted by Gasteiger charge is -2.45. The van der Waals surface area contributed by atoms with Gasteiger partial charge in [0.25, 0.3) is 0 Å². The number of nitrogens with two attached hydrogens (primary N) is 3. The van der Waals surface area contributed by atoms with Crippen molar-refractivity contribution in [3.05, 3.63) is 36.0 Å². The molecule has 39 heavy (non-hydrogen) atoms. The second-order valence-electron chi connectivity index (χ2n) is 10.9. The number of rotatable bonds is 10. The molecule has 1 saturated carbocycles. The monoisotopic (exact) mass is 542 g/mol. The molecule has 8 atom stereocenters. The topological polar surface area (TPSA) is 218 Å². The average Bonchev–Trinajstić information content (AvgIpc) is 3.58. The summed E-state index contributed by atoms with van der Waals surface area (Å²) in [6, 6.07) is 4.67. The number of nitrogens with one attached hydrogen (secondary N) is 2. The number of aromatic amines is 1. The number of aliphatic hydroxyl groups is 2. The molecular formula is C27H38N6O6. The molecule has 0 spiro atoms. The van der Waals surface area contributed by atoms with E-state index in [0.29, 0.717) is 12.0 Å². The Morgan fingerprint density at radius 3 is 2.44 bits per heavy atom. The van der Waals surface area contributed by atoms with Gasteiger partial charge < -0.3 is 42.6 Å². The molecule has 12 nitrogen and oxygen atoms in total. The highest BCUT2D eigenvalue weighted by atomic mass is 16.3. The highest BCUT2D eigenvalue weighted by molar-refractivity contribution is 6.00. The van der Waals surface area contributed by atoms with E-state index in [-0.39, 0.29) is 18.9 Å². The van der Waals surface area contributed by atoms with E-state index in [1.54, 1.807) is 6.20 Å². The number of fused-ring (bicyclic) bond motifs is 2. The third-order valence-electron chi connectivity index (χ3n) is 8.59.